The van der Waals surface area contributed by atoms with E-state index in [0.717, 1.165) is 5.56 Å². The van der Waals surface area contributed by atoms with Crippen molar-refractivity contribution in [3.8, 4) is 0 Å². The summed E-state index contributed by atoms with van der Waals surface area (Å²) < 4.78 is 30.4. The van der Waals surface area contributed by atoms with E-state index in [1.54, 1.807) is 30.3 Å². The van der Waals surface area contributed by atoms with Crippen LogP contribution >= 0.6 is 11.8 Å². The number of nitrogens with one attached hydrogen (secondary N) is 2. The van der Waals surface area contributed by atoms with Gasteiger partial charge in [-0.15, -0.1) is 0 Å². The number of anilines is 2. The van der Waals surface area contributed by atoms with Crippen LogP contribution in [0.1, 0.15) is 26.3 Å². The van der Waals surface area contributed by atoms with E-state index in [4.69, 9.17) is 4.74 Å². The van der Waals surface area contributed by atoms with Crippen LogP contribution in [0.2, 0.25) is 0 Å². The topological polar surface area (TPSA) is 84.5 Å². The maximum atomic E-state index is 12.7. The van der Waals surface area contributed by atoms with Crippen molar-refractivity contribution in [2.45, 2.75) is 17.6 Å². The maximum absolute atomic E-state index is 12.7. The molecule has 0 fully saturated rings. The average molecular weight is 470 g/mol. The highest BCUT2D eigenvalue weighted by molar-refractivity contribution is 7.99. The zero-order valence-electron chi connectivity index (χ0n) is 17.5. The Bertz CT molecular complexity index is 1170. The summed E-state index contributed by atoms with van der Waals surface area (Å²) in [4.78, 5) is 37.4. The van der Waals surface area contributed by atoms with Crippen LogP contribution < -0.4 is 10.6 Å². The summed E-state index contributed by atoms with van der Waals surface area (Å²) in [5.74, 6) is -4.71. The second-order valence-corrected chi connectivity index (χ2v) is 7.90. The number of esters is 1. The number of rotatable bonds is 8. The van der Waals surface area contributed by atoms with Crippen molar-refractivity contribution in [2.24, 2.45) is 0 Å². The molecule has 3 rings (SSSR count). The number of benzene rings is 3. The van der Waals surface area contributed by atoms with Crippen LogP contribution in [-0.4, -0.2) is 30.1 Å². The summed E-state index contributed by atoms with van der Waals surface area (Å²) in [7, 11) is 0. The minimum atomic E-state index is -2.70. The van der Waals surface area contributed by atoms with Crippen LogP contribution in [0.4, 0.5) is 20.2 Å². The number of para-hydroxylation sites is 1. The van der Waals surface area contributed by atoms with Crippen molar-refractivity contribution in [3.63, 3.8) is 0 Å². The smallest absolute Gasteiger partial charge is 0.339 e. The average Bonchev–Trinajstić information content (AvgIpc) is 2.78. The largest absolute Gasteiger partial charge is 0.452 e. The molecule has 0 aliphatic heterocycles. The van der Waals surface area contributed by atoms with Crippen LogP contribution in [0.15, 0.2) is 77.7 Å². The summed E-state index contributed by atoms with van der Waals surface area (Å²) in [6.45, 7) is 1.25. The maximum Gasteiger partial charge on any atom is 0.339 e. The number of thioether (sulfide) groups is 1. The van der Waals surface area contributed by atoms with Gasteiger partial charge < -0.3 is 15.4 Å². The van der Waals surface area contributed by atoms with E-state index in [1.807, 2.05) is 25.1 Å². The molecule has 3 aromatic rings. The quantitative estimate of drug-likeness (QED) is 0.342. The van der Waals surface area contributed by atoms with E-state index in [1.165, 1.54) is 24.3 Å². The highest BCUT2D eigenvalue weighted by Gasteiger charge is 2.18. The number of ether oxygens (including phenoxy) is 1. The zero-order chi connectivity index (χ0) is 23.8. The highest BCUT2D eigenvalue weighted by atomic mass is 32.2. The van der Waals surface area contributed by atoms with E-state index in [9.17, 15) is 23.2 Å². The molecule has 0 saturated heterocycles. The standard InChI is InChI=1S/C24H20F2N2O4S/c1-15-7-6-8-16(13-15)27-22(30)17-9-2-4-11-19(17)28-21(29)14-32-23(31)18-10-3-5-12-20(18)33-24(25)26/h2-13,24H,14H2,1H3,(H,27,30)(H,28,29). The molecule has 0 saturated carbocycles. The third-order valence-electron chi connectivity index (χ3n) is 4.38. The molecule has 0 spiro atoms. The molecule has 0 unspecified atom stereocenters. The van der Waals surface area contributed by atoms with E-state index < -0.39 is 30.1 Å². The van der Waals surface area contributed by atoms with Crippen molar-refractivity contribution in [2.75, 3.05) is 17.2 Å². The zero-order valence-corrected chi connectivity index (χ0v) is 18.3. The molecule has 0 radical (unpaired) electrons. The lowest BCUT2D eigenvalue weighted by atomic mass is 10.1. The number of aryl methyl sites for hydroxylation is 1. The Morgan fingerprint density at radius 3 is 2.33 bits per heavy atom. The SMILES string of the molecule is Cc1cccc(NC(=O)c2ccccc2NC(=O)COC(=O)c2ccccc2SC(F)F)c1. The van der Waals surface area contributed by atoms with Gasteiger partial charge in [0, 0.05) is 10.6 Å². The lowest BCUT2D eigenvalue weighted by Gasteiger charge is -2.12. The number of amides is 2. The van der Waals surface area contributed by atoms with Gasteiger partial charge in [0.15, 0.2) is 6.61 Å². The Kier molecular flexibility index (Phi) is 8.15. The van der Waals surface area contributed by atoms with Gasteiger partial charge in [-0.1, -0.05) is 48.2 Å². The minimum Gasteiger partial charge on any atom is -0.452 e. The van der Waals surface area contributed by atoms with Gasteiger partial charge in [0.25, 0.3) is 17.6 Å². The van der Waals surface area contributed by atoms with E-state index >= 15 is 0 Å². The predicted molar refractivity (Wildman–Crippen MR) is 123 cm³/mol. The summed E-state index contributed by atoms with van der Waals surface area (Å²) in [5, 5.41) is 5.31. The fraction of sp³-hybridized carbons (Fsp3) is 0.125. The number of carbonyl (C=O) groups excluding carboxylic acids is 3. The van der Waals surface area contributed by atoms with E-state index in [0.29, 0.717) is 5.69 Å². The first-order chi connectivity index (χ1) is 15.8. The molecule has 0 heterocycles. The number of hydrogen-bond acceptors (Lipinski definition) is 5. The third kappa shape index (κ3) is 6.88. The highest BCUT2D eigenvalue weighted by Crippen LogP contribution is 2.28. The normalized spacial score (nSPS) is 10.5. The van der Waals surface area contributed by atoms with Crippen molar-refractivity contribution in [3.05, 3.63) is 89.5 Å². The van der Waals surface area contributed by atoms with Crippen molar-refractivity contribution in [1.29, 1.82) is 0 Å². The van der Waals surface area contributed by atoms with Crippen LogP contribution in [0.5, 0.6) is 0 Å². The third-order valence-corrected chi connectivity index (χ3v) is 5.17. The lowest BCUT2D eigenvalue weighted by Crippen LogP contribution is -2.23. The Balaban J connectivity index is 1.63. The van der Waals surface area contributed by atoms with Gasteiger partial charge >= 0.3 is 5.97 Å². The number of alkyl halides is 2. The lowest BCUT2D eigenvalue weighted by molar-refractivity contribution is -0.119. The molecule has 0 aliphatic carbocycles. The molecule has 3 aromatic carbocycles. The van der Waals surface area contributed by atoms with Crippen LogP contribution in [-0.2, 0) is 9.53 Å². The second kappa shape index (κ2) is 11.2. The molecule has 6 nitrogen and oxygen atoms in total. The van der Waals surface area contributed by atoms with E-state index in [-0.39, 0.29) is 33.5 Å². The Morgan fingerprint density at radius 2 is 1.61 bits per heavy atom. The molecule has 0 aromatic heterocycles. The first kappa shape index (κ1) is 23.9. The molecule has 9 heteroatoms. The first-order valence-corrected chi connectivity index (χ1v) is 10.7. The predicted octanol–water partition coefficient (Wildman–Crippen LogP) is 5.36. The molecule has 170 valence electrons. The summed E-state index contributed by atoms with van der Waals surface area (Å²) in [6.07, 6.45) is 0. The monoisotopic (exact) mass is 470 g/mol. The van der Waals surface area contributed by atoms with Crippen LogP contribution in [0, 0.1) is 6.92 Å². The fourth-order valence-corrected chi connectivity index (χ4v) is 3.57. The molecule has 33 heavy (non-hydrogen) atoms. The van der Waals surface area contributed by atoms with Gasteiger partial charge in [-0.2, -0.15) is 8.78 Å². The number of halogens is 2. The van der Waals surface area contributed by atoms with Crippen molar-refractivity contribution in [1.82, 2.24) is 0 Å². The first-order valence-electron chi connectivity index (χ1n) is 9.81. The number of hydrogen-bond donors (Lipinski definition) is 2. The van der Waals surface area contributed by atoms with Gasteiger partial charge in [-0.25, -0.2) is 4.79 Å². The molecule has 2 amide bonds. The molecular weight excluding hydrogens is 450 g/mol. The molecule has 0 aliphatic rings. The summed E-state index contributed by atoms with van der Waals surface area (Å²) in [5.41, 5.74) is 1.98. The summed E-state index contributed by atoms with van der Waals surface area (Å²) >= 11 is 0.218. The number of carbonyl (C=O) groups is 3. The van der Waals surface area contributed by atoms with Gasteiger partial charge in [0.05, 0.1) is 16.8 Å². The van der Waals surface area contributed by atoms with Gasteiger partial charge in [0.2, 0.25) is 0 Å². The van der Waals surface area contributed by atoms with Gasteiger partial charge in [-0.05, 0) is 48.9 Å². The van der Waals surface area contributed by atoms with Crippen molar-refractivity contribution >= 4 is 40.9 Å². The minimum absolute atomic E-state index is 0.0519. The molecule has 2 N–H and O–H groups in total. The summed E-state index contributed by atoms with van der Waals surface area (Å²) in [6, 6.07) is 19.4. The van der Waals surface area contributed by atoms with Gasteiger partial charge in [0.1, 0.15) is 0 Å². The Hall–Kier alpha value is -3.72. The second-order valence-electron chi connectivity index (χ2n) is 6.87. The molecule has 0 bridgehead atoms. The Labute approximate surface area is 193 Å². The fourth-order valence-electron chi connectivity index (χ4n) is 2.94. The van der Waals surface area contributed by atoms with Crippen LogP contribution in [0.3, 0.4) is 0 Å². The van der Waals surface area contributed by atoms with Crippen molar-refractivity contribution < 1.29 is 27.9 Å². The van der Waals surface area contributed by atoms with Crippen LogP contribution in [0.25, 0.3) is 0 Å². The van der Waals surface area contributed by atoms with Gasteiger partial charge in [-0.3, -0.25) is 9.59 Å². The Morgan fingerprint density at radius 1 is 0.909 bits per heavy atom. The molecular formula is C24H20F2N2O4S. The van der Waals surface area contributed by atoms with E-state index in [2.05, 4.69) is 10.6 Å². The molecule has 0 atom stereocenters.